The molecule has 0 atom stereocenters. The van der Waals surface area contributed by atoms with Crippen molar-refractivity contribution in [3.63, 3.8) is 0 Å². The Labute approximate surface area is 130 Å². The molecule has 0 bridgehead atoms. The minimum atomic E-state index is -0.427. The molecule has 1 aromatic carbocycles. The molecule has 4 nitrogen and oxygen atoms in total. The molecule has 0 aliphatic carbocycles. The summed E-state index contributed by atoms with van der Waals surface area (Å²) in [4.78, 5) is 12.0. The zero-order valence-electron chi connectivity index (χ0n) is 13.4. The van der Waals surface area contributed by atoms with Gasteiger partial charge in [0.1, 0.15) is 0 Å². The number of hydrogen-bond donors (Lipinski definition) is 0. The van der Waals surface area contributed by atoms with E-state index in [0.29, 0.717) is 0 Å². The van der Waals surface area contributed by atoms with Crippen molar-refractivity contribution in [3.8, 4) is 5.69 Å². The fourth-order valence-corrected chi connectivity index (χ4v) is 2.44. The number of benzene rings is 1. The molecule has 3 rings (SSSR count). The predicted molar refractivity (Wildman–Crippen MR) is 87.8 cm³/mol. The van der Waals surface area contributed by atoms with Crippen LogP contribution in [0.4, 0.5) is 0 Å². The van der Waals surface area contributed by atoms with Gasteiger partial charge in [-0.25, -0.2) is 0 Å². The minimum Gasteiger partial charge on any atom is -0.399 e. The second kappa shape index (κ2) is 5.11. The third-order valence-corrected chi connectivity index (χ3v) is 4.50. The summed E-state index contributed by atoms with van der Waals surface area (Å²) in [6.45, 7) is 8.11. The van der Waals surface area contributed by atoms with E-state index in [2.05, 4.69) is 0 Å². The summed E-state index contributed by atoms with van der Waals surface area (Å²) >= 11 is 0. The molecule has 1 aliphatic rings. The van der Waals surface area contributed by atoms with Gasteiger partial charge in [-0.15, -0.1) is 0 Å². The zero-order valence-corrected chi connectivity index (χ0v) is 13.4. The van der Waals surface area contributed by atoms with Gasteiger partial charge in [-0.1, -0.05) is 18.2 Å². The van der Waals surface area contributed by atoms with Crippen molar-refractivity contribution in [1.82, 2.24) is 4.57 Å². The fourth-order valence-electron chi connectivity index (χ4n) is 2.44. The monoisotopic (exact) mass is 297 g/mol. The number of hydrogen-bond acceptors (Lipinski definition) is 3. The maximum absolute atomic E-state index is 12.0. The fraction of sp³-hybridized carbons (Fsp3) is 0.353. The maximum Gasteiger partial charge on any atom is 0.494 e. The second-order valence-electron chi connectivity index (χ2n) is 6.59. The zero-order chi connectivity index (χ0) is 16.0. The molecule has 0 unspecified atom stereocenters. The second-order valence-corrected chi connectivity index (χ2v) is 6.59. The van der Waals surface area contributed by atoms with Crippen molar-refractivity contribution < 1.29 is 9.31 Å². The van der Waals surface area contributed by atoms with Crippen LogP contribution in [0, 0.1) is 0 Å². The summed E-state index contributed by atoms with van der Waals surface area (Å²) in [5.74, 6) is 0. The van der Waals surface area contributed by atoms with Crippen LogP contribution in [-0.2, 0) is 9.31 Å². The Bertz CT molecular complexity index is 735. The molecule has 5 heteroatoms. The van der Waals surface area contributed by atoms with Crippen molar-refractivity contribution in [2.75, 3.05) is 0 Å². The molecule has 0 radical (unpaired) electrons. The van der Waals surface area contributed by atoms with Gasteiger partial charge in [0.2, 0.25) is 0 Å². The van der Waals surface area contributed by atoms with Gasteiger partial charge in [0.15, 0.2) is 0 Å². The van der Waals surface area contributed by atoms with Gasteiger partial charge in [0.25, 0.3) is 5.56 Å². The highest BCUT2D eigenvalue weighted by molar-refractivity contribution is 6.62. The smallest absolute Gasteiger partial charge is 0.399 e. The van der Waals surface area contributed by atoms with Crippen LogP contribution in [0.5, 0.6) is 0 Å². The van der Waals surface area contributed by atoms with Crippen molar-refractivity contribution in [2.24, 2.45) is 0 Å². The van der Waals surface area contributed by atoms with Gasteiger partial charge in [-0.3, -0.25) is 9.36 Å². The van der Waals surface area contributed by atoms with Gasteiger partial charge in [0, 0.05) is 18.0 Å². The van der Waals surface area contributed by atoms with Crippen LogP contribution in [0.3, 0.4) is 0 Å². The normalized spacial score (nSPS) is 19.4. The summed E-state index contributed by atoms with van der Waals surface area (Å²) in [5, 5.41) is 0. The lowest BCUT2D eigenvalue weighted by molar-refractivity contribution is 0.00578. The molecule has 1 aliphatic heterocycles. The third kappa shape index (κ3) is 2.51. The summed E-state index contributed by atoms with van der Waals surface area (Å²) < 4.78 is 13.7. The number of rotatable bonds is 2. The van der Waals surface area contributed by atoms with E-state index in [4.69, 9.17) is 9.31 Å². The molecule has 1 fully saturated rings. The van der Waals surface area contributed by atoms with Gasteiger partial charge in [-0.2, -0.15) is 0 Å². The molecule has 114 valence electrons. The van der Waals surface area contributed by atoms with E-state index in [9.17, 15) is 4.79 Å². The first kappa shape index (κ1) is 15.1. The molecule has 22 heavy (non-hydrogen) atoms. The van der Waals surface area contributed by atoms with Gasteiger partial charge in [0.05, 0.1) is 11.2 Å². The number of nitrogens with zero attached hydrogens (tertiary/aromatic N) is 1. The summed E-state index contributed by atoms with van der Waals surface area (Å²) in [7, 11) is -0.427. The molecule has 0 saturated carbocycles. The van der Waals surface area contributed by atoms with Crippen molar-refractivity contribution in [3.05, 3.63) is 59.0 Å². The molecule has 0 N–H and O–H groups in total. The molecule has 0 spiro atoms. The SMILES string of the molecule is CC1(C)OB(c2cccc(-n3ccccc3=O)c2)OC1(C)C. The number of aromatic nitrogens is 1. The Morgan fingerprint density at radius 2 is 1.64 bits per heavy atom. The Kier molecular flexibility index (Phi) is 3.50. The Morgan fingerprint density at radius 1 is 0.955 bits per heavy atom. The Morgan fingerprint density at radius 3 is 2.27 bits per heavy atom. The van der Waals surface area contributed by atoms with Crippen LogP contribution in [-0.4, -0.2) is 22.9 Å². The lowest BCUT2D eigenvalue weighted by Gasteiger charge is -2.32. The van der Waals surface area contributed by atoms with E-state index in [1.807, 2.05) is 58.0 Å². The largest absolute Gasteiger partial charge is 0.494 e. The molecule has 2 aromatic rings. The van der Waals surface area contributed by atoms with Crippen LogP contribution >= 0.6 is 0 Å². The average Bonchev–Trinajstić information content (AvgIpc) is 2.68. The third-order valence-electron chi connectivity index (χ3n) is 4.50. The highest BCUT2D eigenvalue weighted by Crippen LogP contribution is 2.36. The lowest BCUT2D eigenvalue weighted by atomic mass is 9.79. The summed E-state index contributed by atoms with van der Waals surface area (Å²) in [5.41, 5.74) is 0.896. The van der Waals surface area contributed by atoms with Crippen LogP contribution in [0.2, 0.25) is 0 Å². The first-order chi connectivity index (χ1) is 10.3. The van der Waals surface area contributed by atoms with Crippen LogP contribution in [0.25, 0.3) is 5.69 Å². The topological polar surface area (TPSA) is 40.5 Å². The lowest BCUT2D eigenvalue weighted by Crippen LogP contribution is -2.41. The Hall–Kier alpha value is -1.85. The van der Waals surface area contributed by atoms with Crippen molar-refractivity contribution in [1.29, 1.82) is 0 Å². The maximum atomic E-state index is 12.0. The molecule has 0 amide bonds. The van der Waals surface area contributed by atoms with Crippen LogP contribution in [0.15, 0.2) is 53.5 Å². The Balaban J connectivity index is 1.97. The van der Waals surface area contributed by atoms with E-state index in [-0.39, 0.29) is 16.8 Å². The molecule has 2 heterocycles. The first-order valence-electron chi connectivity index (χ1n) is 7.44. The quantitative estimate of drug-likeness (QED) is 0.797. The van der Waals surface area contributed by atoms with E-state index in [0.717, 1.165) is 11.2 Å². The summed E-state index contributed by atoms with van der Waals surface area (Å²) in [6, 6.07) is 12.8. The standard InChI is InChI=1S/C17H20BNO3/c1-16(2)17(3,4)22-18(21-16)13-8-7-9-14(12-13)19-11-6-5-10-15(19)20/h5-12H,1-4H3. The molecular formula is C17H20BNO3. The van der Waals surface area contributed by atoms with E-state index < -0.39 is 7.12 Å². The molecular weight excluding hydrogens is 277 g/mol. The molecule has 1 saturated heterocycles. The van der Waals surface area contributed by atoms with Crippen LogP contribution in [0.1, 0.15) is 27.7 Å². The van der Waals surface area contributed by atoms with Gasteiger partial charge < -0.3 is 9.31 Å². The predicted octanol–water partition coefficient (Wildman–Crippen LogP) is 2.14. The van der Waals surface area contributed by atoms with Crippen LogP contribution < -0.4 is 11.0 Å². The van der Waals surface area contributed by atoms with Crippen molar-refractivity contribution >= 4 is 12.6 Å². The minimum absolute atomic E-state index is 0.0615. The van der Waals surface area contributed by atoms with E-state index in [1.165, 1.54) is 0 Å². The van der Waals surface area contributed by atoms with Crippen molar-refractivity contribution in [2.45, 2.75) is 38.9 Å². The highest BCUT2D eigenvalue weighted by atomic mass is 16.7. The van der Waals surface area contributed by atoms with Gasteiger partial charge in [-0.05, 0) is 51.4 Å². The van der Waals surface area contributed by atoms with E-state index >= 15 is 0 Å². The molecule has 1 aromatic heterocycles. The van der Waals surface area contributed by atoms with Gasteiger partial charge >= 0.3 is 7.12 Å². The van der Waals surface area contributed by atoms with E-state index in [1.54, 1.807) is 22.9 Å². The summed E-state index contributed by atoms with van der Waals surface area (Å²) in [6.07, 6.45) is 1.76. The number of pyridine rings is 1. The average molecular weight is 297 g/mol. The first-order valence-corrected chi connectivity index (χ1v) is 7.44. The highest BCUT2D eigenvalue weighted by Gasteiger charge is 2.51.